The maximum atomic E-state index is 12.4. The Labute approximate surface area is 240 Å². The van der Waals surface area contributed by atoms with Gasteiger partial charge in [0.15, 0.2) is 15.5 Å². The standard InChI is InChI=1S/C29H37N7O4S/c1-28(2,3)40-27(37)34-29(10-11-29)18-35(4)24-9-8-22(13-20(24)17-41(5,38)39)32-25-14-23(12-19-6-7-19)36-26(33-25)21(15-30)16-31-36/h8-9,13-14,16,19H,6-7,10-12,17-18H2,1-5H3,(H,32,33)(H,34,37). The van der Waals surface area contributed by atoms with Crippen LogP contribution in [-0.2, 0) is 26.7 Å². The molecule has 2 aromatic heterocycles. The SMILES string of the molecule is CN(CC1(NC(=O)OC(C)(C)C)CC1)c1ccc(Nc2cc(CC3CC3)n3ncc(C#N)c3n2)cc1CS(C)(=O)=O. The van der Waals surface area contributed by atoms with Gasteiger partial charge in [0.25, 0.3) is 0 Å². The zero-order valence-electron chi connectivity index (χ0n) is 24.2. The molecule has 2 N–H and O–H groups in total. The van der Waals surface area contributed by atoms with Crippen LogP contribution >= 0.6 is 0 Å². The first-order valence-electron chi connectivity index (χ1n) is 13.8. The summed E-state index contributed by atoms with van der Waals surface area (Å²) in [5.41, 5.74) is 2.93. The van der Waals surface area contributed by atoms with Crippen LogP contribution in [0.1, 0.15) is 63.3 Å². The van der Waals surface area contributed by atoms with Crippen molar-refractivity contribution in [2.24, 2.45) is 5.92 Å². The molecule has 12 heteroatoms. The second kappa shape index (κ2) is 10.5. The molecule has 2 heterocycles. The van der Waals surface area contributed by atoms with Gasteiger partial charge in [0.05, 0.1) is 17.5 Å². The van der Waals surface area contributed by atoms with Crippen molar-refractivity contribution in [2.45, 2.75) is 69.8 Å². The Bertz CT molecular complexity index is 1630. The fraction of sp³-hybridized carbons (Fsp3) is 0.517. The van der Waals surface area contributed by atoms with Gasteiger partial charge in [0, 0.05) is 43.0 Å². The predicted molar refractivity (Wildman–Crippen MR) is 157 cm³/mol. The number of fused-ring (bicyclic) bond motifs is 1. The van der Waals surface area contributed by atoms with Gasteiger partial charge < -0.3 is 20.3 Å². The molecule has 0 aliphatic heterocycles. The molecule has 2 saturated carbocycles. The number of likely N-dealkylation sites (N-methyl/N-ethyl adjacent to an activating group) is 1. The second-order valence-electron chi connectivity index (χ2n) is 12.5. The zero-order chi connectivity index (χ0) is 29.6. The number of benzene rings is 1. The van der Waals surface area contributed by atoms with Gasteiger partial charge in [0.1, 0.15) is 23.1 Å². The minimum atomic E-state index is -3.34. The van der Waals surface area contributed by atoms with Crippen LogP contribution in [0.5, 0.6) is 0 Å². The van der Waals surface area contributed by atoms with E-state index in [9.17, 15) is 18.5 Å². The van der Waals surface area contributed by atoms with Gasteiger partial charge >= 0.3 is 6.09 Å². The molecule has 1 amide bonds. The van der Waals surface area contributed by atoms with Gasteiger partial charge in [-0.15, -0.1) is 0 Å². The molecular formula is C29H37N7O4S. The highest BCUT2D eigenvalue weighted by molar-refractivity contribution is 7.89. The van der Waals surface area contributed by atoms with Crippen LogP contribution in [-0.4, -0.2) is 60.1 Å². The number of carbonyl (C=O) groups is 1. The van der Waals surface area contributed by atoms with Crippen molar-refractivity contribution >= 4 is 38.8 Å². The fourth-order valence-corrected chi connectivity index (χ4v) is 5.84. The Kier molecular flexibility index (Phi) is 7.36. The molecule has 0 unspecified atom stereocenters. The van der Waals surface area contributed by atoms with Gasteiger partial charge in [-0.3, -0.25) is 0 Å². The number of carbonyl (C=O) groups excluding carboxylic acids is 1. The minimum Gasteiger partial charge on any atom is -0.444 e. The predicted octanol–water partition coefficient (Wildman–Crippen LogP) is 4.34. The molecule has 3 aromatic rings. The summed E-state index contributed by atoms with van der Waals surface area (Å²) >= 11 is 0. The number of amides is 1. The monoisotopic (exact) mass is 579 g/mol. The number of nitriles is 1. The average Bonchev–Trinajstić information content (AvgIpc) is 3.76. The Balaban J connectivity index is 1.40. The summed E-state index contributed by atoms with van der Waals surface area (Å²) < 4.78 is 32.0. The van der Waals surface area contributed by atoms with Gasteiger partial charge in [-0.2, -0.15) is 10.4 Å². The van der Waals surface area contributed by atoms with Crippen LogP contribution in [0.25, 0.3) is 5.65 Å². The Hall–Kier alpha value is -3.85. The highest BCUT2D eigenvalue weighted by Gasteiger charge is 2.46. The third-order valence-electron chi connectivity index (χ3n) is 7.20. The normalized spacial score (nSPS) is 16.2. The number of nitrogens with one attached hydrogen (secondary N) is 2. The van der Waals surface area contributed by atoms with E-state index in [0.717, 1.165) is 30.6 Å². The summed E-state index contributed by atoms with van der Waals surface area (Å²) in [6, 6.07) is 9.69. The molecule has 0 radical (unpaired) electrons. The van der Waals surface area contributed by atoms with E-state index in [4.69, 9.17) is 4.74 Å². The first-order chi connectivity index (χ1) is 19.2. The Morgan fingerprint density at radius 3 is 2.61 bits per heavy atom. The summed E-state index contributed by atoms with van der Waals surface area (Å²) in [7, 11) is -1.44. The quantitative estimate of drug-likeness (QED) is 0.359. The van der Waals surface area contributed by atoms with Gasteiger partial charge in [-0.25, -0.2) is 22.7 Å². The van der Waals surface area contributed by atoms with E-state index in [1.807, 2.05) is 57.0 Å². The van der Waals surface area contributed by atoms with Gasteiger partial charge in [0.2, 0.25) is 0 Å². The molecule has 2 fully saturated rings. The molecule has 218 valence electrons. The molecule has 0 saturated heterocycles. The molecule has 1 aromatic carbocycles. The van der Waals surface area contributed by atoms with Crippen molar-refractivity contribution < 1.29 is 17.9 Å². The van der Waals surface area contributed by atoms with Crippen LogP contribution in [0.4, 0.5) is 22.0 Å². The number of ether oxygens (including phenoxy) is 1. The van der Waals surface area contributed by atoms with E-state index in [1.54, 1.807) is 4.52 Å². The topological polar surface area (TPSA) is 142 Å². The Morgan fingerprint density at radius 2 is 2.00 bits per heavy atom. The summed E-state index contributed by atoms with van der Waals surface area (Å²) in [6.45, 7) is 5.98. The van der Waals surface area contributed by atoms with Crippen molar-refractivity contribution in [3.63, 3.8) is 0 Å². The first kappa shape index (κ1) is 28.7. The number of hydrogen-bond acceptors (Lipinski definition) is 9. The molecule has 0 bridgehead atoms. The van der Waals surface area contributed by atoms with Crippen molar-refractivity contribution in [3.05, 3.63) is 47.3 Å². The summed E-state index contributed by atoms with van der Waals surface area (Å²) in [5.74, 6) is 1.03. The number of rotatable bonds is 10. The van der Waals surface area contributed by atoms with Crippen LogP contribution < -0.4 is 15.5 Å². The Morgan fingerprint density at radius 1 is 1.27 bits per heavy atom. The lowest BCUT2D eigenvalue weighted by Crippen LogP contribution is -2.46. The first-order valence-corrected chi connectivity index (χ1v) is 15.9. The summed E-state index contributed by atoms with van der Waals surface area (Å²) in [5, 5.41) is 20.2. The second-order valence-corrected chi connectivity index (χ2v) is 14.6. The largest absolute Gasteiger partial charge is 0.444 e. The maximum absolute atomic E-state index is 12.4. The molecule has 2 aliphatic rings. The molecule has 0 atom stereocenters. The third kappa shape index (κ3) is 7.27. The van der Waals surface area contributed by atoms with Crippen molar-refractivity contribution in [1.82, 2.24) is 19.9 Å². The van der Waals surface area contributed by atoms with Crippen LogP contribution in [0.2, 0.25) is 0 Å². The highest BCUT2D eigenvalue weighted by Crippen LogP contribution is 2.38. The number of anilines is 3. The zero-order valence-corrected chi connectivity index (χ0v) is 25.0. The molecule has 41 heavy (non-hydrogen) atoms. The molecular weight excluding hydrogens is 542 g/mol. The van der Waals surface area contributed by atoms with E-state index < -0.39 is 27.1 Å². The fourth-order valence-electron chi connectivity index (χ4n) is 5.05. The number of nitrogens with zero attached hydrogens (tertiary/aromatic N) is 5. The van der Waals surface area contributed by atoms with E-state index in [0.29, 0.717) is 40.7 Å². The lowest BCUT2D eigenvalue weighted by Gasteiger charge is -2.29. The number of aromatic nitrogens is 3. The smallest absolute Gasteiger partial charge is 0.408 e. The molecule has 11 nitrogen and oxygen atoms in total. The maximum Gasteiger partial charge on any atom is 0.408 e. The lowest BCUT2D eigenvalue weighted by molar-refractivity contribution is 0.0498. The summed E-state index contributed by atoms with van der Waals surface area (Å²) in [6.07, 6.45) is 7.12. The average molecular weight is 580 g/mol. The van der Waals surface area contributed by atoms with Crippen molar-refractivity contribution in [2.75, 3.05) is 30.1 Å². The van der Waals surface area contributed by atoms with Gasteiger partial charge in [-0.1, -0.05) is 0 Å². The van der Waals surface area contributed by atoms with E-state index in [2.05, 4.69) is 26.8 Å². The highest BCUT2D eigenvalue weighted by atomic mass is 32.2. The molecule has 5 rings (SSSR count). The number of hydrogen-bond donors (Lipinski definition) is 2. The minimum absolute atomic E-state index is 0.144. The molecule has 2 aliphatic carbocycles. The molecule has 0 spiro atoms. The van der Waals surface area contributed by atoms with E-state index >= 15 is 0 Å². The van der Waals surface area contributed by atoms with Crippen LogP contribution in [0.3, 0.4) is 0 Å². The third-order valence-corrected chi connectivity index (χ3v) is 8.04. The van der Waals surface area contributed by atoms with Crippen molar-refractivity contribution in [3.8, 4) is 6.07 Å². The number of sulfone groups is 1. The van der Waals surface area contributed by atoms with E-state index in [1.165, 1.54) is 25.3 Å². The van der Waals surface area contributed by atoms with Crippen LogP contribution in [0.15, 0.2) is 30.5 Å². The van der Waals surface area contributed by atoms with E-state index in [-0.39, 0.29) is 5.75 Å². The number of alkyl carbamates (subject to hydrolysis) is 1. The summed E-state index contributed by atoms with van der Waals surface area (Å²) in [4.78, 5) is 19.1. The lowest BCUT2D eigenvalue weighted by atomic mass is 10.1. The van der Waals surface area contributed by atoms with Crippen LogP contribution in [0, 0.1) is 17.2 Å². The van der Waals surface area contributed by atoms with Crippen molar-refractivity contribution in [1.29, 1.82) is 5.26 Å². The van der Waals surface area contributed by atoms with Gasteiger partial charge in [-0.05, 0) is 82.6 Å².